The first kappa shape index (κ1) is 18.7. The Morgan fingerprint density at radius 1 is 1.15 bits per heavy atom. The van der Waals surface area contributed by atoms with Crippen molar-refractivity contribution in [3.63, 3.8) is 0 Å². The molecule has 6 heteroatoms. The largest absolute Gasteiger partial charge is 0.355 e. The van der Waals surface area contributed by atoms with Crippen LogP contribution in [0.4, 0.5) is 5.82 Å². The summed E-state index contributed by atoms with van der Waals surface area (Å²) in [5.41, 5.74) is 2.08. The van der Waals surface area contributed by atoms with Crippen LogP contribution < -0.4 is 15.5 Å². The molecule has 2 fully saturated rings. The number of rotatable bonds is 4. The van der Waals surface area contributed by atoms with Crippen LogP contribution >= 0.6 is 11.6 Å². The van der Waals surface area contributed by atoms with Crippen LogP contribution in [0.5, 0.6) is 0 Å². The van der Waals surface area contributed by atoms with Crippen molar-refractivity contribution in [1.29, 1.82) is 0 Å². The van der Waals surface area contributed by atoms with Crippen molar-refractivity contribution in [2.45, 2.75) is 37.6 Å². The first-order valence-corrected chi connectivity index (χ1v) is 10.4. The lowest BCUT2D eigenvalue weighted by Gasteiger charge is -2.34. The summed E-state index contributed by atoms with van der Waals surface area (Å²) in [7, 11) is 2.05. The normalized spacial score (nSPS) is 23.4. The van der Waals surface area contributed by atoms with Crippen molar-refractivity contribution < 1.29 is 0 Å². The quantitative estimate of drug-likeness (QED) is 0.844. The summed E-state index contributed by atoms with van der Waals surface area (Å²) in [6, 6.07) is 10.6. The van der Waals surface area contributed by atoms with E-state index in [4.69, 9.17) is 21.6 Å². The second-order valence-electron chi connectivity index (χ2n) is 7.59. The maximum atomic E-state index is 6.08. The first-order chi connectivity index (χ1) is 13.2. The Morgan fingerprint density at radius 2 is 2.00 bits per heavy atom. The van der Waals surface area contributed by atoms with Crippen LogP contribution in [0.3, 0.4) is 0 Å². The Labute approximate surface area is 166 Å². The molecule has 1 aromatic carbocycles. The Balaban J connectivity index is 1.70. The second kappa shape index (κ2) is 8.55. The Hall–Kier alpha value is -1.69. The highest BCUT2D eigenvalue weighted by Crippen LogP contribution is 2.29. The zero-order valence-corrected chi connectivity index (χ0v) is 16.7. The van der Waals surface area contributed by atoms with Gasteiger partial charge in [0, 0.05) is 48.2 Å². The van der Waals surface area contributed by atoms with Gasteiger partial charge >= 0.3 is 0 Å². The van der Waals surface area contributed by atoms with Gasteiger partial charge in [-0.1, -0.05) is 23.7 Å². The van der Waals surface area contributed by atoms with Gasteiger partial charge in [-0.15, -0.1) is 0 Å². The van der Waals surface area contributed by atoms with Gasteiger partial charge in [0.2, 0.25) is 0 Å². The van der Waals surface area contributed by atoms with E-state index in [0.717, 1.165) is 60.5 Å². The number of nitrogens with zero attached hydrogens (tertiary/aromatic N) is 3. The number of halogens is 1. The SMILES string of the molecule is CNC1CCCN(c2cc(-c3ccc(Cl)cc3)nc(C3CCCNC3)n2)C1. The van der Waals surface area contributed by atoms with Crippen LogP contribution in [-0.2, 0) is 0 Å². The van der Waals surface area contributed by atoms with Gasteiger partial charge < -0.3 is 15.5 Å². The van der Waals surface area contributed by atoms with Gasteiger partial charge in [0.1, 0.15) is 11.6 Å². The molecule has 27 heavy (non-hydrogen) atoms. The van der Waals surface area contributed by atoms with Gasteiger partial charge in [0.05, 0.1) is 5.69 Å². The molecule has 2 atom stereocenters. The van der Waals surface area contributed by atoms with Crippen LogP contribution in [0.2, 0.25) is 5.02 Å². The smallest absolute Gasteiger partial charge is 0.135 e. The summed E-state index contributed by atoms with van der Waals surface area (Å²) < 4.78 is 0. The van der Waals surface area contributed by atoms with Crippen molar-refractivity contribution >= 4 is 17.4 Å². The Bertz CT molecular complexity index is 758. The summed E-state index contributed by atoms with van der Waals surface area (Å²) >= 11 is 6.08. The van der Waals surface area contributed by atoms with Gasteiger partial charge in [0.25, 0.3) is 0 Å². The number of hydrogen-bond acceptors (Lipinski definition) is 5. The van der Waals surface area contributed by atoms with Gasteiger partial charge in [-0.2, -0.15) is 0 Å². The van der Waals surface area contributed by atoms with Crippen LogP contribution in [0, 0.1) is 0 Å². The third-order valence-electron chi connectivity index (χ3n) is 5.69. The molecule has 0 radical (unpaired) electrons. The molecule has 0 saturated carbocycles. The molecule has 3 heterocycles. The fourth-order valence-electron chi connectivity index (χ4n) is 4.06. The zero-order valence-electron chi connectivity index (χ0n) is 15.9. The molecule has 0 bridgehead atoms. The third kappa shape index (κ3) is 4.42. The molecule has 2 aliphatic heterocycles. The van der Waals surface area contributed by atoms with E-state index in [9.17, 15) is 0 Å². The molecule has 2 aliphatic rings. The summed E-state index contributed by atoms with van der Waals surface area (Å²) in [6.45, 7) is 4.10. The van der Waals surface area contributed by atoms with E-state index >= 15 is 0 Å². The van der Waals surface area contributed by atoms with Crippen molar-refractivity contribution in [2.75, 3.05) is 38.1 Å². The van der Waals surface area contributed by atoms with Crippen molar-refractivity contribution in [1.82, 2.24) is 20.6 Å². The van der Waals surface area contributed by atoms with Gasteiger partial charge in [-0.25, -0.2) is 9.97 Å². The van der Waals surface area contributed by atoms with E-state index in [1.54, 1.807) is 0 Å². The molecule has 2 saturated heterocycles. The number of benzene rings is 1. The van der Waals surface area contributed by atoms with Crippen molar-refractivity contribution in [3.05, 3.63) is 41.2 Å². The summed E-state index contributed by atoms with van der Waals surface area (Å²) in [5.74, 6) is 2.40. The van der Waals surface area contributed by atoms with Crippen LogP contribution in [0.25, 0.3) is 11.3 Å². The number of aromatic nitrogens is 2. The average Bonchev–Trinajstić information content (AvgIpc) is 2.74. The number of anilines is 1. The van der Waals surface area contributed by atoms with Gasteiger partial charge in [-0.05, 0) is 51.4 Å². The fraction of sp³-hybridized carbons (Fsp3) is 0.524. The second-order valence-corrected chi connectivity index (χ2v) is 8.03. The minimum absolute atomic E-state index is 0.384. The van der Waals surface area contributed by atoms with E-state index in [0.29, 0.717) is 12.0 Å². The van der Waals surface area contributed by atoms with Crippen molar-refractivity contribution in [3.8, 4) is 11.3 Å². The van der Waals surface area contributed by atoms with E-state index < -0.39 is 0 Å². The van der Waals surface area contributed by atoms with E-state index in [-0.39, 0.29) is 0 Å². The Morgan fingerprint density at radius 3 is 2.74 bits per heavy atom. The topological polar surface area (TPSA) is 53.1 Å². The van der Waals surface area contributed by atoms with Crippen LogP contribution in [-0.4, -0.2) is 49.2 Å². The molecule has 2 N–H and O–H groups in total. The van der Waals surface area contributed by atoms with E-state index in [1.807, 2.05) is 31.3 Å². The molecule has 4 rings (SSSR count). The molecule has 5 nitrogen and oxygen atoms in total. The van der Waals surface area contributed by atoms with Gasteiger partial charge in [0.15, 0.2) is 0 Å². The highest BCUT2D eigenvalue weighted by atomic mass is 35.5. The number of nitrogens with one attached hydrogen (secondary N) is 2. The molecule has 0 spiro atoms. The molecule has 0 amide bonds. The third-order valence-corrected chi connectivity index (χ3v) is 5.94. The van der Waals surface area contributed by atoms with Crippen LogP contribution in [0.1, 0.15) is 37.4 Å². The number of likely N-dealkylation sites (N-methyl/N-ethyl adjacent to an activating group) is 1. The molecular weight excluding hydrogens is 358 g/mol. The summed E-state index contributed by atoms with van der Waals surface area (Å²) in [6.07, 6.45) is 4.74. The number of piperidine rings is 2. The van der Waals surface area contributed by atoms with E-state index in [1.165, 1.54) is 19.3 Å². The fourth-order valence-corrected chi connectivity index (χ4v) is 4.18. The standard InChI is InChI=1S/C21H28ClN5/c1-23-18-5-3-11-27(14-18)20-12-19(15-6-8-17(22)9-7-15)25-21(26-20)16-4-2-10-24-13-16/h6-9,12,16,18,23-24H,2-5,10-11,13-14H2,1H3. The molecule has 2 aromatic rings. The lowest BCUT2D eigenvalue weighted by molar-refractivity contribution is 0.438. The summed E-state index contributed by atoms with van der Waals surface area (Å²) in [4.78, 5) is 12.4. The monoisotopic (exact) mass is 385 g/mol. The minimum atomic E-state index is 0.384. The average molecular weight is 386 g/mol. The number of hydrogen-bond donors (Lipinski definition) is 2. The van der Waals surface area contributed by atoms with Crippen LogP contribution in [0.15, 0.2) is 30.3 Å². The minimum Gasteiger partial charge on any atom is -0.355 e. The van der Waals surface area contributed by atoms with Crippen molar-refractivity contribution in [2.24, 2.45) is 0 Å². The molecule has 2 unspecified atom stereocenters. The molecule has 1 aromatic heterocycles. The maximum Gasteiger partial charge on any atom is 0.135 e. The zero-order chi connectivity index (χ0) is 18.6. The Kier molecular flexibility index (Phi) is 5.91. The molecular formula is C21H28ClN5. The predicted octanol–water partition coefficient (Wildman–Crippen LogP) is 3.45. The highest BCUT2D eigenvalue weighted by Gasteiger charge is 2.24. The maximum absolute atomic E-state index is 6.08. The van der Waals surface area contributed by atoms with Gasteiger partial charge in [-0.3, -0.25) is 0 Å². The molecule has 0 aliphatic carbocycles. The van der Waals surface area contributed by atoms with E-state index in [2.05, 4.69) is 21.6 Å². The highest BCUT2D eigenvalue weighted by molar-refractivity contribution is 6.30. The lowest BCUT2D eigenvalue weighted by atomic mass is 9.98. The predicted molar refractivity (Wildman–Crippen MR) is 112 cm³/mol. The summed E-state index contributed by atoms with van der Waals surface area (Å²) in [5, 5.41) is 7.67. The first-order valence-electron chi connectivity index (χ1n) is 10.0. The molecule has 144 valence electrons. The lowest BCUT2D eigenvalue weighted by Crippen LogP contribution is -2.45.